The van der Waals surface area contributed by atoms with Crippen molar-refractivity contribution in [3.05, 3.63) is 64.3 Å². The van der Waals surface area contributed by atoms with Crippen LogP contribution in [-0.4, -0.2) is 23.5 Å². The molecule has 6 nitrogen and oxygen atoms in total. The lowest BCUT2D eigenvalue weighted by Gasteiger charge is -2.20. The third-order valence-corrected chi connectivity index (χ3v) is 5.29. The quantitative estimate of drug-likeness (QED) is 0.322. The molecule has 0 saturated heterocycles. The fourth-order valence-corrected chi connectivity index (χ4v) is 3.83. The number of carbonyl (C=O) groups excluding carboxylic acids is 2. The van der Waals surface area contributed by atoms with E-state index in [0.717, 1.165) is 23.3 Å². The van der Waals surface area contributed by atoms with Crippen molar-refractivity contribution in [3.63, 3.8) is 0 Å². The number of aliphatic hydroxyl groups excluding tert-OH is 1. The fraction of sp³-hybridized carbons (Fsp3) is 0.333. The van der Waals surface area contributed by atoms with Crippen LogP contribution in [0.15, 0.2) is 42.1 Å². The van der Waals surface area contributed by atoms with E-state index in [-0.39, 0.29) is 30.2 Å². The number of aryl methyl sites for hydroxylation is 2. The Morgan fingerprint density at radius 2 is 1.70 bits per heavy atom. The van der Waals surface area contributed by atoms with E-state index in [1.807, 2.05) is 19.9 Å². The molecule has 0 aromatic heterocycles. The van der Waals surface area contributed by atoms with Crippen LogP contribution in [0.3, 0.4) is 0 Å². The Bertz CT molecular complexity index is 1090. The number of hydrogen-bond acceptors (Lipinski definition) is 4. The zero-order chi connectivity index (χ0) is 24.3. The number of amides is 2. The molecule has 2 aromatic carbocycles. The molecule has 0 atom stereocenters. The maximum Gasteiger partial charge on any atom is 0.416 e. The van der Waals surface area contributed by atoms with Gasteiger partial charge in [-0.1, -0.05) is 12.1 Å². The van der Waals surface area contributed by atoms with Crippen molar-refractivity contribution in [2.45, 2.75) is 46.2 Å². The molecule has 0 radical (unpaired) electrons. The third kappa shape index (κ3) is 5.36. The topological polar surface area (TPSA) is 81.7 Å². The molecular formula is C24H26F3N3O3. The van der Waals surface area contributed by atoms with E-state index < -0.39 is 17.6 Å². The lowest BCUT2D eigenvalue weighted by molar-refractivity contribution is -0.137. The molecule has 0 spiro atoms. The van der Waals surface area contributed by atoms with Crippen molar-refractivity contribution in [2.75, 3.05) is 11.5 Å². The van der Waals surface area contributed by atoms with E-state index in [1.54, 1.807) is 19.1 Å². The first kappa shape index (κ1) is 24.3. The van der Waals surface area contributed by atoms with Gasteiger partial charge in [0, 0.05) is 30.0 Å². The minimum atomic E-state index is -4.56. The van der Waals surface area contributed by atoms with Gasteiger partial charge in [0.15, 0.2) is 0 Å². The maximum absolute atomic E-state index is 13.4. The Balaban J connectivity index is 2.02. The predicted octanol–water partition coefficient (Wildman–Crippen LogP) is 4.51. The average Bonchev–Trinajstić information content (AvgIpc) is 3.02. The number of aliphatic hydroxyl groups is 1. The second kappa shape index (κ2) is 9.66. The Labute approximate surface area is 190 Å². The summed E-state index contributed by atoms with van der Waals surface area (Å²) in [5.74, 6) is -0.818. The lowest BCUT2D eigenvalue weighted by atomic mass is 10.0. The highest BCUT2D eigenvalue weighted by molar-refractivity contribution is 6.35. The van der Waals surface area contributed by atoms with Crippen LogP contribution in [0.5, 0.6) is 0 Å². The molecule has 0 unspecified atom stereocenters. The molecule has 0 aliphatic carbocycles. The Morgan fingerprint density at radius 3 is 2.30 bits per heavy atom. The van der Waals surface area contributed by atoms with Gasteiger partial charge in [0.25, 0.3) is 5.91 Å². The Morgan fingerprint density at radius 1 is 1.03 bits per heavy atom. The second-order valence-corrected chi connectivity index (χ2v) is 8.07. The van der Waals surface area contributed by atoms with Gasteiger partial charge < -0.3 is 10.5 Å². The van der Waals surface area contributed by atoms with Crippen molar-refractivity contribution in [2.24, 2.45) is 0 Å². The smallest absolute Gasteiger partial charge is 0.396 e. The number of nitrogens with one attached hydrogen (secondary N) is 2. The SMILES string of the molecule is C/C(NNC(=O)CCCCO)=C1/C(=O)N(c2cc(C)cc(C)c2)c2cc(C(F)(F)F)ccc21. The number of allylic oxidation sites excluding steroid dienone is 1. The first-order valence-corrected chi connectivity index (χ1v) is 10.5. The van der Waals surface area contributed by atoms with Gasteiger partial charge in [0.1, 0.15) is 0 Å². The van der Waals surface area contributed by atoms with Gasteiger partial charge in [-0.05, 0) is 69.0 Å². The van der Waals surface area contributed by atoms with Gasteiger partial charge in [0.2, 0.25) is 5.91 Å². The van der Waals surface area contributed by atoms with Gasteiger partial charge in [-0.2, -0.15) is 13.2 Å². The number of alkyl halides is 3. The largest absolute Gasteiger partial charge is 0.416 e. The van der Waals surface area contributed by atoms with Crippen LogP contribution in [0.4, 0.5) is 24.5 Å². The number of halogens is 3. The van der Waals surface area contributed by atoms with E-state index in [1.165, 1.54) is 11.0 Å². The number of unbranched alkanes of at least 4 members (excludes halogenated alkanes) is 1. The van der Waals surface area contributed by atoms with E-state index in [9.17, 15) is 22.8 Å². The van der Waals surface area contributed by atoms with E-state index >= 15 is 0 Å². The van der Waals surface area contributed by atoms with Gasteiger partial charge in [0.05, 0.1) is 16.8 Å². The van der Waals surface area contributed by atoms with Gasteiger partial charge in [-0.15, -0.1) is 0 Å². The summed E-state index contributed by atoms with van der Waals surface area (Å²) in [5.41, 5.74) is 7.51. The Hall–Kier alpha value is -3.33. The molecule has 1 heterocycles. The van der Waals surface area contributed by atoms with Crippen molar-refractivity contribution in [1.29, 1.82) is 0 Å². The molecule has 2 amide bonds. The van der Waals surface area contributed by atoms with Gasteiger partial charge in [-0.3, -0.25) is 19.9 Å². The zero-order valence-electron chi connectivity index (χ0n) is 18.6. The minimum absolute atomic E-state index is 0.0107. The third-order valence-electron chi connectivity index (χ3n) is 5.29. The standard InChI is InChI=1S/C24H26F3N3O3/c1-14-10-15(2)12-18(11-14)30-20-13-17(24(25,26)27)7-8-19(20)22(23(30)33)16(3)28-29-21(32)6-4-5-9-31/h7-8,10-13,28,31H,4-6,9H2,1-3H3,(H,29,32)/b22-16-. The summed E-state index contributed by atoms with van der Waals surface area (Å²) in [4.78, 5) is 26.7. The predicted molar refractivity (Wildman–Crippen MR) is 119 cm³/mol. The number of benzene rings is 2. The molecule has 33 heavy (non-hydrogen) atoms. The summed E-state index contributed by atoms with van der Waals surface area (Å²) < 4.78 is 40.2. The number of anilines is 2. The molecule has 0 bridgehead atoms. The summed E-state index contributed by atoms with van der Waals surface area (Å²) in [7, 11) is 0. The molecule has 3 N–H and O–H groups in total. The van der Waals surface area contributed by atoms with Crippen LogP contribution < -0.4 is 15.8 Å². The molecule has 2 aromatic rings. The molecule has 0 saturated carbocycles. The first-order valence-electron chi connectivity index (χ1n) is 10.5. The summed E-state index contributed by atoms with van der Waals surface area (Å²) in [6.07, 6.45) is -3.38. The first-order chi connectivity index (χ1) is 15.5. The zero-order valence-corrected chi connectivity index (χ0v) is 18.6. The minimum Gasteiger partial charge on any atom is -0.396 e. The summed E-state index contributed by atoms with van der Waals surface area (Å²) in [5, 5.41) is 8.82. The van der Waals surface area contributed by atoms with Crippen molar-refractivity contribution in [3.8, 4) is 0 Å². The van der Waals surface area contributed by atoms with Crippen LogP contribution in [-0.2, 0) is 15.8 Å². The van der Waals surface area contributed by atoms with E-state index in [2.05, 4.69) is 10.9 Å². The van der Waals surface area contributed by atoms with Gasteiger partial charge >= 0.3 is 6.18 Å². The summed E-state index contributed by atoms with van der Waals surface area (Å²) in [6.45, 7) is 5.26. The van der Waals surface area contributed by atoms with Crippen LogP contribution in [0.25, 0.3) is 5.57 Å². The number of hydrogen-bond donors (Lipinski definition) is 3. The summed E-state index contributed by atoms with van der Waals surface area (Å²) in [6, 6.07) is 8.58. The number of rotatable bonds is 7. The highest BCUT2D eigenvalue weighted by Crippen LogP contribution is 2.45. The van der Waals surface area contributed by atoms with Crippen LogP contribution in [0, 0.1) is 13.8 Å². The molecule has 3 rings (SSSR count). The monoisotopic (exact) mass is 461 g/mol. The number of nitrogens with zero attached hydrogens (tertiary/aromatic N) is 1. The van der Waals surface area contributed by atoms with Crippen LogP contribution in [0.1, 0.15) is 48.4 Å². The second-order valence-electron chi connectivity index (χ2n) is 8.07. The number of fused-ring (bicyclic) bond motifs is 1. The van der Waals surface area contributed by atoms with Crippen molar-refractivity contribution >= 4 is 28.8 Å². The van der Waals surface area contributed by atoms with E-state index in [4.69, 9.17) is 5.11 Å². The van der Waals surface area contributed by atoms with Crippen LogP contribution in [0.2, 0.25) is 0 Å². The fourth-order valence-electron chi connectivity index (χ4n) is 3.83. The number of hydrazine groups is 1. The molecule has 1 aliphatic heterocycles. The van der Waals surface area contributed by atoms with Crippen molar-refractivity contribution in [1.82, 2.24) is 10.9 Å². The molecular weight excluding hydrogens is 435 g/mol. The Kier molecular flexibility index (Phi) is 7.12. The highest BCUT2D eigenvalue weighted by Gasteiger charge is 2.39. The maximum atomic E-state index is 13.4. The summed E-state index contributed by atoms with van der Waals surface area (Å²) >= 11 is 0. The van der Waals surface area contributed by atoms with Gasteiger partial charge in [-0.25, -0.2) is 0 Å². The highest BCUT2D eigenvalue weighted by atomic mass is 19.4. The molecule has 1 aliphatic rings. The lowest BCUT2D eigenvalue weighted by Crippen LogP contribution is -2.37. The van der Waals surface area contributed by atoms with Crippen molar-refractivity contribution < 1.29 is 27.9 Å². The molecule has 0 fully saturated rings. The number of carbonyl (C=O) groups is 2. The average molecular weight is 461 g/mol. The van der Waals surface area contributed by atoms with Crippen LogP contribution >= 0.6 is 0 Å². The molecule has 9 heteroatoms. The molecule has 176 valence electrons. The normalized spacial score (nSPS) is 14.9. The van der Waals surface area contributed by atoms with E-state index in [0.29, 0.717) is 29.8 Å².